The minimum atomic E-state index is -0.195. The molecule has 1 atom stereocenters. The first kappa shape index (κ1) is 16.7. The van der Waals surface area contributed by atoms with Gasteiger partial charge in [-0.05, 0) is 66.9 Å². The lowest BCUT2D eigenvalue weighted by atomic mass is 9.97. The molecule has 1 nitrogen and oxygen atoms in total. The Labute approximate surface area is 142 Å². The van der Waals surface area contributed by atoms with Crippen molar-refractivity contribution in [3.05, 3.63) is 67.9 Å². The predicted molar refractivity (Wildman–Crippen MR) is 93.1 cm³/mol. The molecule has 0 spiro atoms. The zero-order valence-corrected chi connectivity index (χ0v) is 15.3. The second kappa shape index (κ2) is 7.52. The molecule has 0 radical (unpaired) electrons. The lowest BCUT2D eigenvalue weighted by molar-refractivity contribution is 0.583. The maximum Gasteiger partial charge on any atom is 0.123 e. The summed E-state index contributed by atoms with van der Waals surface area (Å²) in [6, 6.07) is 11.2. The van der Waals surface area contributed by atoms with Crippen molar-refractivity contribution in [2.24, 2.45) is 0 Å². The van der Waals surface area contributed by atoms with Crippen molar-refractivity contribution in [1.29, 1.82) is 0 Å². The Balaban J connectivity index is 2.49. The van der Waals surface area contributed by atoms with E-state index < -0.39 is 0 Å². The fraction of sp³-hybridized carbons (Fsp3) is 0.294. The minimum Gasteiger partial charge on any atom is -0.306 e. The number of nitrogens with one attached hydrogen (secondary N) is 1. The van der Waals surface area contributed by atoms with Crippen LogP contribution in [0.1, 0.15) is 36.1 Å². The van der Waals surface area contributed by atoms with Gasteiger partial charge in [0.05, 0.1) is 6.04 Å². The van der Waals surface area contributed by atoms with Crippen LogP contribution >= 0.6 is 31.9 Å². The number of hydrogen-bond donors (Lipinski definition) is 1. The summed E-state index contributed by atoms with van der Waals surface area (Å²) in [5.41, 5.74) is 2.97. The van der Waals surface area contributed by atoms with Gasteiger partial charge in [-0.1, -0.05) is 44.8 Å². The summed E-state index contributed by atoms with van der Waals surface area (Å²) in [6.45, 7) is 4.91. The Morgan fingerprint density at radius 3 is 2.57 bits per heavy atom. The molecule has 0 aliphatic heterocycles. The SMILES string of the molecule is CCCNC(c1cc(C)cc(F)c1)c1cc(Br)ccc1Br. The van der Waals surface area contributed by atoms with Gasteiger partial charge in [0, 0.05) is 8.95 Å². The van der Waals surface area contributed by atoms with Crippen molar-refractivity contribution in [1.82, 2.24) is 5.32 Å². The van der Waals surface area contributed by atoms with Crippen molar-refractivity contribution < 1.29 is 4.39 Å². The van der Waals surface area contributed by atoms with Gasteiger partial charge in [0.2, 0.25) is 0 Å². The van der Waals surface area contributed by atoms with Crippen LogP contribution < -0.4 is 5.32 Å². The Kier molecular flexibility index (Phi) is 5.97. The highest BCUT2D eigenvalue weighted by Gasteiger charge is 2.17. The second-order valence-electron chi connectivity index (χ2n) is 5.11. The molecule has 1 unspecified atom stereocenters. The van der Waals surface area contributed by atoms with Gasteiger partial charge in [-0.3, -0.25) is 0 Å². The smallest absolute Gasteiger partial charge is 0.123 e. The molecule has 0 aromatic heterocycles. The summed E-state index contributed by atoms with van der Waals surface area (Å²) in [4.78, 5) is 0. The third kappa shape index (κ3) is 4.38. The van der Waals surface area contributed by atoms with Gasteiger partial charge in [0.15, 0.2) is 0 Å². The molecule has 1 N–H and O–H groups in total. The standard InChI is InChI=1S/C17H18Br2FN/c1-3-6-21-17(12-7-11(2)8-14(20)9-12)15-10-13(18)4-5-16(15)19/h4-5,7-10,17,21H,3,6H2,1-2H3. The van der Waals surface area contributed by atoms with E-state index in [0.29, 0.717) is 0 Å². The molecule has 0 saturated carbocycles. The Morgan fingerprint density at radius 1 is 1.14 bits per heavy atom. The lowest BCUT2D eigenvalue weighted by Gasteiger charge is -2.22. The molecule has 21 heavy (non-hydrogen) atoms. The molecule has 4 heteroatoms. The van der Waals surface area contributed by atoms with Crippen LogP contribution in [-0.4, -0.2) is 6.54 Å². The average Bonchev–Trinajstić information content (AvgIpc) is 2.42. The molecule has 112 valence electrons. The second-order valence-corrected chi connectivity index (χ2v) is 6.88. The van der Waals surface area contributed by atoms with Crippen molar-refractivity contribution >= 4 is 31.9 Å². The molecule has 0 aliphatic carbocycles. The molecule has 0 bridgehead atoms. The molecule has 0 saturated heterocycles. The Morgan fingerprint density at radius 2 is 1.90 bits per heavy atom. The number of aryl methyl sites for hydroxylation is 1. The van der Waals surface area contributed by atoms with Crippen molar-refractivity contribution in [3.8, 4) is 0 Å². The maximum absolute atomic E-state index is 13.8. The minimum absolute atomic E-state index is 0.0359. The number of hydrogen-bond acceptors (Lipinski definition) is 1. The van der Waals surface area contributed by atoms with Crippen LogP contribution in [0.2, 0.25) is 0 Å². The van der Waals surface area contributed by atoms with Crippen molar-refractivity contribution in [3.63, 3.8) is 0 Å². The molecule has 2 aromatic carbocycles. The highest BCUT2D eigenvalue weighted by atomic mass is 79.9. The summed E-state index contributed by atoms with van der Waals surface area (Å²) >= 11 is 7.11. The Hall–Kier alpha value is -0.710. The van der Waals surface area contributed by atoms with Crippen LogP contribution in [-0.2, 0) is 0 Å². The highest BCUT2D eigenvalue weighted by Crippen LogP contribution is 2.31. The summed E-state index contributed by atoms with van der Waals surface area (Å²) in [5, 5.41) is 3.51. The van der Waals surface area contributed by atoms with Crippen LogP contribution in [0, 0.1) is 12.7 Å². The number of benzene rings is 2. The van der Waals surface area contributed by atoms with Gasteiger partial charge in [-0.15, -0.1) is 0 Å². The topological polar surface area (TPSA) is 12.0 Å². The Bertz CT molecular complexity index is 608. The zero-order valence-electron chi connectivity index (χ0n) is 12.1. The van der Waals surface area contributed by atoms with E-state index in [9.17, 15) is 4.39 Å². The summed E-state index contributed by atoms with van der Waals surface area (Å²) in [5.74, 6) is -0.195. The van der Waals surface area contributed by atoms with Crippen LogP contribution in [0.15, 0.2) is 45.3 Å². The van der Waals surface area contributed by atoms with E-state index in [-0.39, 0.29) is 11.9 Å². The van der Waals surface area contributed by atoms with E-state index in [2.05, 4.69) is 50.2 Å². The quantitative estimate of drug-likeness (QED) is 0.656. The first-order valence-electron chi connectivity index (χ1n) is 6.96. The molecule has 0 heterocycles. The largest absolute Gasteiger partial charge is 0.306 e. The monoisotopic (exact) mass is 413 g/mol. The first-order chi connectivity index (χ1) is 10.0. The third-order valence-corrected chi connectivity index (χ3v) is 4.48. The summed E-state index contributed by atoms with van der Waals surface area (Å²) < 4.78 is 15.8. The fourth-order valence-electron chi connectivity index (χ4n) is 2.36. The van der Waals surface area contributed by atoms with E-state index in [1.165, 1.54) is 0 Å². The predicted octanol–water partition coefficient (Wildman–Crippen LogP) is 5.75. The van der Waals surface area contributed by atoms with Gasteiger partial charge in [-0.25, -0.2) is 4.39 Å². The number of halogens is 3. The summed E-state index contributed by atoms with van der Waals surface area (Å²) in [6.07, 6.45) is 1.02. The molecule has 0 amide bonds. The highest BCUT2D eigenvalue weighted by molar-refractivity contribution is 9.11. The third-order valence-electron chi connectivity index (χ3n) is 3.27. The molecular weight excluding hydrogens is 397 g/mol. The number of rotatable bonds is 5. The van der Waals surface area contributed by atoms with E-state index in [0.717, 1.165) is 38.6 Å². The average molecular weight is 415 g/mol. The van der Waals surface area contributed by atoms with E-state index in [4.69, 9.17) is 0 Å². The normalized spacial score (nSPS) is 12.4. The first-order valence-corrected chi connectivity index (χ1v) is 8.55. The van der Waals surface area contributed by atoms with Crippen LogP contribution in [0.5, 0.6) is 0 Å². The van der Waals surface area contributed by atoms with Crippen LogP contribution in [0.4, 0.5) is 4.39 Å². The van der Waals surface area contributed by atoms with Gasteiger partial charge in [-0.2, -0.15) is 0 Å². The molecule has 2 rings (SSSR count). The van der Waals surface area contributed by atoms with E-state index in [1.807, 2.05) is 25.1 Å². The molecule has 2 aromatic rings. The molecule has 0 aliphatic rings. The molecular formula is C17H18Br2FN. The van der Waals surface area contributed by atoms with Crippen molar-refractivity contribution in [2.45, 2.75) is 26.3 Å². The van der Waals surface area contributed by atoms with Gasteiger partial charge in [0.1, 0.15) is 5.82 Å². The van der Waals surface area contributed by atoms with Gasteiger partial charge < -0.3 is 5.32 Å². The van der Waals surface area contributed by atoms with E-state index >= 15 is 0 Å². The molecule has 0 fully saturated rings. The van der Waals surface area contributed by atoms with Crippen molar-refractivity contribution in [2.75, 3.05) is 6.54 Å². The van der Waals surface area contributed by atoms with Crippen LogP contribution in [0.3, 0.4) is 0 Å². The van der Waals surface area contributed by atoms with Gasteiger partial charge >= 0.3 is 0 Å². The van der Waals surface area contributed by atoms with E-state index in [1.54, 1.807) is 12.1 Å². The van der Waals surface area contributed by atoms with Gasteiger partial charge in [0.25, 0.3) is 0 Å². The maximum atomic E-state index is 13.8. The fourth-order valence-corrected chi connectivity index (χ4v) is 3.22. The lowest BCUT2D eigenvalue weighted by Crippen LogP contribution is -2.23. The zero-order chi connectivity index (χ0) is 15.4. The summed E-state index contributed by atoms with van der Waals surface area (Å²) in [7, 11) is 0. The van der Waals surface area contributed by atoms with Crippen LogP contribution in [0.25, 0.3) is 0 Å².